The lowest BCUT2D eigenvalue weighted by Crippen LogP contribution is -2.01. The van der Waals surface area contributed by atoms with Gasteiger partial charge in [-0.2, -0.15) is 0 Å². The molecule has 1 atom stereocenters. The summed E-state index contributed by atoms with van der Waals surface area (Å²) in [5.41, 5.74) is 1.41. The molecule has 0 radical (unpaired) electrons. The van der Waals surface area contributed by atoms with Crippen molar-refractivity contribution in [1.82, 2.24) is 0 Å². The maximum absolute atomic E-state index is 5.82. The molecule has 0 aromatic heterocycles. The number of benzene rings is 1. The number of aryl methyl sites for hydroxylation is 1. The summed E-state index contributed by atoms with van der Waals surface area (Å²) in [5.74, 6) is 1.02. The predicted octanol–water partition coefficient (Wildman–Crippen LogP) is 6.71. The van der Waals surface area contributed by atoms with Crippen molar-refractivity contribution in [3.8, 4) is 5.75 Å². The first-order chi connectivity index (χ1) is 12.4. The summed E-state index contributed by atoms with van der Waals surface area (Å²) in [6.07, 6.45) is 18.1. The van der Waals surface area contributed by atoms with Crippen molar-refractivity contribution in [3.05, 3.63) is 29.8 Å². The highest BCUT2D eigenvalue weighted by atomic mass is 16.6. The molecule has 1 unspecified atom stereocenters. The summed E-state index contributed by atoms with van der Waals surface area (Å²) in [6.45, 7) is 3.97. The van der Waals surface area contributed by atoms with Crippen LogP contribution in [0.25, 0.3) is 0 Å². The Labute approximate surface area is 155 Å². The minimum absolute atomic E-state index is 0.458. The van der Waals surface area contributed by atoms with Crippen molar-refractivity contribution in [2.45, 2.75) is 96.5 Å². The van der Waals surface area contributed by atoms with E-state index in [1.54, 1.807) is 0 Å². The Hall–Kier alpha value is -1.02. The first-order valence-electron chi connectivity index (χ1n) is 10.7. The molecule has 1 aromatic rings. The first-order valence-corrected chi connectivity index (χ1v) is 10.7. The van der Waals surface area contributed by atoms with Crippen LogP contribution in [0.1, 0.15) is 89.5 Å². The SMILES string of the molecule is CCCCCCCCCCCCCc1cccc(OCCC2CO2)c1. The van der Waals surface area contributed by atoms with E-state index in [0.29, 0.717) is 6.10 Å². The van der Waals surface area contributed by atoms with E-state index in [0.717, 1.165) is 25.4 Å². The normalized spacial score (nSPS) is 16.1. The van der Waals surface area contributed by atoms with Gasteiger partial charge in [-0.3, -0.25) is 0 Å². The van der Waals surface area contributed by atoms with Crippen molar-refractivity contribution in [2.24, 2.45) is 0 Å². The fraction of sp³-hybridized carbons (Fsp3) is 0.739. The summed E-state index contributed by atoms with van der Waals surface area (Å²) >= 11 is 0. The number of rotatable bonds is 16. The number of unbranched alkanes of at least 4 members (excludes halogenated alkanes) is 10. The average Bonchev–Trinajstić information content (AvgIpc) is 3.44. The van der Waals surface area contributed by atoms with Gasteiger partial charge in [-0.1, -0.05) is 83.3 Å². The number of ether oxygens (including phenoxy) is 2. The van der Waals surface area contributed by atoms with Crippen LogP contribution in [0.15, 0.2) is 24.3 Å². The highest BCUT2D eigenvalue weighted by Crippen LogP contribution is 2.19. The topological polar surface area (TPSA) is 21.8 Å². The van der Waals surface area contributed by atoms with Gasteiger partial charge in [-0.05, 0) is 30.5 Å². The highest BCUT2D eigenvalue weighted by molar-refractivity contribution is 5.28. The van der Waals surface area contributed by atoms with Crippen LogP contribution in [0.4, 0.5) is 0 Å². The third kappa shape index (κ3) is 10.5. The highest BCUT2D eigenvalue weighted by Gasteiger charge is 2.21. The van der Waals surface area contributed by atoms with Gasteiger partial charge in [0.25, 0.3) is 0 Å². The summed E-state index contributed by atoms with van der Waals surface area (Å²) in [4.78, 5) is 0. The fourth-order valence-electron chi connectivity index (χ4n) is 3.33. The molecule has 1 aliphatic rings. The molecular weight excluding hydrogens is 308 g/mol. The number of hydrogen-bond donors (Lipinski definition) is 0. The lowest BCUT2D eigenvalue weighted by Gasteiger charge is -2.07. The third-order valence-electron chi connectivity index (χ3n) is 5.08. The Bertz CT molecular complexity index is 439. The van der Waals surface area contributed by atoms with E-state index in [1.807, 2.05) is 0 Å². The second-order valence-electron chi connectivity index (χ2n) is 7.53. The second kappa shape index (κ2) is 13.2. The van der Waals surface area contributed by atoms with Crippen LogP contribution in [0.3, 0.4) is 0 Å². The maximum Gasteiger partial charge on any atom is 0.119 e. The Morgan fingerprint density at radius 1 is 0.920 bits per heavy atom. The van der Waals surface area contributed by atoms with Crippen molar-refractivity contribution >= 4 is 0 Å². The molecule has 1 aromatic carbocycles. The van der Waals surface area contributed by atoms with Gasteiger partial charge in [0.2, 0.25) is 0 Å². The zero-order chi connectivity index (χ0) is 17.6. The van der Waals surface area contributed by atoms with E-state index in [-0.39, 0.29) is 0 Å². The molecule has 2 nitrogen and oxygen atoms in total. The standard InChI is InChI=1S/C23H38O2/c1-2-3-4-5-6-7-8-9-10-11-12-14-21-15-13-16-22(19-21)24-18-17-23-20-25-23/h13,15-16,19,23H,2-12,14,17-18,20H2,1H3. The molecule has 2 rings (SSSR count). The average molecular weight is 347 g/mol. The van der Waals surface area contributed by atoms with Crippen LogP contribution in [0.2, 0.25) is 0 Å². The first kappa shape index (κ1) is 20.3. The molecule has 0 N–H and O–H groups in total. The van der Waals surface area contributed by atoms with E-state index >= 15 is 0 Å². The fourth-order valence-corrected chi connectivity index (χ4v) is 3.33. The van der Waals surface area contributed by atoms with Gasteiger partial charge in [-0.25, -0.2) is 0 Å². The van der Waals surface area contributed by atoms with Gasteiger partial charge in [0.15, 0.2) is 0 Å². The van der Waals surface area contributed by atoms with Crippen LogP contribution in [0.5, 0.6) is 5.75 Å². The van der Waals surface area contributed by atoms with E-state index in [9.17, 15) is 0 Å². The molecule has 0 saturated carbocycles. The van der Waals surface area contributed by atoms with E-state index < -0.39 is 0 Å². The monoisotopic (exact) mass is 346 g/mol. The molecule has 1 heterocycles. The van der Waals surface area contributed by atoms with Crippen molar-refractivity contribution < 1.29 is 9.47 Å². The van der Waals surface area contributed by atoms with Gasteiger partial charge >= 0.3 is 0 Å². The van der Waals surface area contributed by atoms with E-state index in [4.69, 9.17) is 9.47 Å². The Balaban J connectivity index is 1.43. The van der Waals surface area contributed by atoms with Gasteiger partial charge in [0.1, 0.15) is 5.75 Å². The lowest BCUT2D eigenvalue weighted by molar-refractivity contribution is 0.283. The molecule has 1 saturated heterocycles. The van der Waals surface area contributed by atoms with Crippen LogP contribution >= 0.6 is 0 Å². The second-order valence-corrected chi connectivity index (χ2v) is 7.53. The van der Waals surface area contributed by atoms with Crippen molar-refractivity contribution in [1.29, 1.82) is 0 Å². The van der Waals surface area contributed by atoms with Crippen LogP contribution < -0.4 is 4.74 Å². The molecule has 25 heavy (non-hydrogen) atoms. The Kier molecular flexibility index (Phi) is 10.7. The van der Waals surface area contributed by atoms with Gasteiger partial charge < -0.3 is 9.47 Å². The van der Waals surface area contributed by atoms with Crippen LogP contribution in [-0.2, 0) is 11.2 Å². The minimum atomic E-state index is 0.458. The summed E-state index contributed by atoms with van der Waals surface area (Å²) in [5, 5.41) is 0. The molecule has 142 valence electrons. The number of epoxide rings is 1. The largest absolute Gasteiger partial charge is 0.493 e. The smallest absolute Gasteiger partial charge is 0.119 e. The van der Waals surface area contributed by atoms with E-state index in [2.05, 4.69) is 31.2 Å². The van der Waals surface area contributed by atoms with Gasteiger partial charge in [-0.15, -0.1) is 0 Å². The molecule has 1 fully saturated rings. The summed E-state index contributed by atoms with van der Waals surface area (Å²) < 4.78 is 11.0. The Morgan fingerprint density at radius 3 is 2.20 bits per heavy atom. The van der Waals surface area contributed by atoms with Gasteiger partial charge in [0.05, 0.1) is 19.3 Å². The van der Waals surface area contributed by atoms with Crippen LogP contribution in [-0.4, -0.2) is 19.3 Å². The molecule has 1 aliphatic heterocycles. The molecule has 0 spiro atoms. The maximum atomic E-state index is 5.82. The van der Waals surface area contributed by atoms with Crippen molar-refractivity contribution in [2.75, 3.05) is 13.2 Å². The molecule has 0 aliphatic carbocycles. The quantitative estimate of drug-likeness (QED) is 0.245. The number of hydrogen-bond acceptors (Lipinski definition) is 2. The van der Waals surface area contributed by atoms with Crippen molar-refractivity contribution in [3.63, 3.8) is 0 Å². The lowest BCUT2D eigenvalue weighted by atomic mass is 10.0. The third-order valence-corrected chi connectivity index (χ3v) is 5.08. The summed E-state index contributed by atoms with van der Waals surface area (Å²) in [6, 6.07) is 8.63. The van der Waals surface area contributed by atoms with E-state index in [1.165, 1.54) is 82.6 Å². The zero-order valence-electron chi connectivity index (χ0n) is 16.3. The summed E-state index contributed by atoms with van der Waals surface area (Å²) in [7, 11) is 0. The minimum Gasteiger partial charge on any atom is -0.493 e. The molecule has 2 heteroatoms. The molecule has 0 bridgehead atoms. The van der Waals surface area contributed by atoms with Crippen LogP contribution in [0, 0.1) is 0 Å². The van der Waals surface area contributed by atoms with Gasteiger partial charge in [0, 0.05) is 6.42 Å². The zero-order valence-corrected chi connectivity index (χ0v) is 16.3. The molecular formula is C23H38O2. The predicted molar refractivity (Wildman–Crippen MR) is 106 cm³/mol. The molecule has 0 amide bonds. The Morgan fingerprint density at radius 2 is 1.56 bits per heavy atom.